The van der Waals surface area contributed by atoms with Crippen LogP contribution in [0.5, 0.6) is 0 Å². The van der Waals surface area contributed by atoms with Gasteiger partial charge in [0.2, 0.25) is 0 Å². The summed E-state index contributed by atoms with van der Waals surface area (Å²) in [5, 5.41) is 9.60. The Kier molecular flexibility index (Phi) is 8.02. The standard InChI is InChI=1S/C50H40N4/c51-32-33-10-9-15-40(27-33)41-20-23-45(46(28-41)37-11-3-1-4-12-37)49-53-47(39-13-5-2-6-14-39)52-48(54-49)44-17-8-7-16-43(44)38-18-21-42(22-19-38)50-29-34-24-35(30-50)26-36(25-34)31-50/h1-23,27-28,34-36H,24-26,29-31H2/t34-,35-,36-,50?. The molecule has 0 saturated heterocycles. The van der Waals surface area contributed by atoms with E-state index >= 15 is 0 Å². The molecule has 4 fully saturated rings. The molecule has 4 bridgehead atoms. The Balaban J connectivity index is 1.10. The molecule has 0 atom stereocenters. The molecule has 6 aromatic carbocycles. The predicted molar refractivity (Wildman–Crippen MR) is 217 cm³/mol. The van der Waals surface area contributed by atoms with Crippen molar-refractivity contribution in [2.24, 2.45) is 17.8 Å². The molecule has 4 aliphatic carbocycles. The Morgan fingerprint density at radius 2 is 0.926 bits per heavy atom. The summed E-state index contributed by atoms with van der Waals surface area (Å²) in [4.78, 5) is 15.6. The molecule has 4 nitrogen and oxygen atoms in total. The van der Waals surface area contributed by atoms with Crippen LogP contribution in [-0.4, -0.2) is 15.0 Å². The van der Waals surface area contributed by atoms with Gasteiger partial charge in [0.25, 0.3) is 0 Å². The summed E-state index contributed by atoms with van der Waals surface area (Å²) in [5.74, 6) is 4.64. The van der Waals surface area contributed by atoms with Gasteiger partial charge in [-0.25, -0.2) is 15.0 Å². The van der Waals surface area contributed by atoms with Crippen LogP contribution in [0.15, 0.2) is 152 Å². The first-order valence-corrected chi connectivity index (χ1v) is 19.3. The van der Waals surface area contributed by atoms with Gasteiger partial charge in [-0.15, -0.1) is 0 Å². The van der Waals surface area contributed by atoms with E-state index in [1.807, 2.05) is 48.5 Å². The minimum absolute atomic E-state index is 0.366. The molecule has 0 spiro atoms. The fourth-order valence-electron chi connectivity index (χ4n) is 10.3. The van der Waals surface area contributed by atoms with Crippen LogP contribution in [-0.2, 0) is 5.41 Å². The molecule has 0 unspecified atom stereocenters. The van der Waals surface area contributed by atoms with Crippen molar-refractivity contribution in [3.05, 3.63) is 163 Å². The number of hydrogen-bond donors (Lipinski definition) is 0. The first-order valence-electron chi connectivity index (χ1n) is 19.3. The zero-order valence-corrected chi connectivity index (χ0v) is 30.2. The number of rotatable bonds is 7. The number of aromatic nitrogens is 3. The van der Waals surface area contributed by atoms with Crippen LogP contribution in [0, 0.1) is 29.1 Å². The van der Waals surface area contributed by atoms with Gasteiger partial charge in [-0.05, 0) is 125 Å². The highest BCUT2D eigenvalue weighted by atomic mass is 15.0. The average Bonchev–Trinajstić information content (AvgIpc) is 3.23. The summed E-state index contributed by atoms with van der Waals surface area (Å²) in [6.45, 7) is 0. The zero-order valence-electron chi connectivity index (χ0n) is 30.2. The highest BCUT2D eigenvalue weighted by molar-refractivity contribution is 5.87. The molecule has 7 aromatic rings. The number of nitrogens with zero attached hydrogens (tertiary/aromatic N) is 4. The lowest BCUT2D eigenvalue weighted by molar-refractivity contribution is -0.00518. The second-order valence-corrected chi connectivity index (χ2v) is 15.8. The summed E-state index contributed by atoms with van der Waals surface area (Å²) in [6, 6.07) is 55.0. The summed E-state index contributed by atoms with van der Waals surface area (Å²) in [7, 11) is 0. The van der Waals surface area contributed by atoms with Crippen molar-refractivity contribution in [3.8, 4) is 73.6 Å². The second kappa shape index (κ2) is 13.3. The van der Waals surface area contributed by atoms with Crippen LogP contribution in [0.3, 0.4) is 0 Å². The van der Waals surface area contributed by atoms with Crippen molar-refractivity contribution >= 4 is 0 Å². The van der Waals surface area contributed by atoms with Gasteiger partial charge in [0.15, 0.2) is 17.5 Å². The van der Waals surface area contributed by atoms with E-state index in [4.69, 9.17) is 15.0 Å². The summed E-state index contributed by atoms with van der Waals surface area (Å²) >= 11 is 0. The maximum Gasteiger partial charge on any atom is 0.164 e. The summed E-state index contributed by atoms with van der Waals surface area (Å²) in [6.07, 6.45) is 8.46. The molecule has 1 heterocycles. The smallest absolute Gasteiger partial charge is 0.164 e. The Morgan fingerprint density at radius 3 is 1.57 bits per heavy atom. The molecular weight excluding hydrogens is 657 g/mol. The minimum Gasteiger partial charge on any atom is -0.208 e. The Bertz CT molecular complexity index is 2500. The largest absolute Gasteiger partial charge is 0.208 e. The third kappa shape index (κ3) is 5.91. The first kappa shape index (κ1) is 32.5. The SMILES string of the molecule is N#Cc1cccc(-c2ccc(-c3nc(-c4ccccc4)nc(-c4ccccc4-c4ccc(C56C[C@H]7C[C@H](C5)C[C@@H](C6)C7)cc4)n3)c(-c3ccccc3)c2)c1. The van der Waals surface area contributed by atoms with Gasteiger partial charge in [0.1, 0.15) is 0 Å². The van der Waals surface area contributed by atoms with Crippen LogP contribution in [0.2, 0.25) is 0 Å². The molecule has 260 valence electrons. The Labute approximate surface area is 317 Å². The molecule has 1 aromatic heterocycles. The summed E-state index contributed by atoms with van der Waals surface area (Å²) < 4.78 is 0. The fraction of sp³-hybridized carbons (Fsp3) is 0.200. The lowest BCUT2D eigenvalue weighted by Crippen LogP contribution is -2.48. The molecule has 0 amide bonds. The van der Waals surface area contributed by atoms with Crippen LogP contribution in [0.4, 0.5) is 0 Å². The van der Waals surface area contributed by atoms with E-state index in [0.29, 0.717) is 28.5 Å². The zero-order chi connectivity index (χ0) is 36.1. The molecule has 11 rings (SSSR count). The number of nitriles is 1. The first-order chi connectivity index (χ1) is 26.6. The number of benzene rings is 6. The highest BCUT2D eigenvalue weighted by Crippen LogP contribution is 2.60. The molecular formula is C50H40N4. The van der Waals surface area contributed by atoms with E-state index in [0.717, 1.165) is 62.3 Å². The van der Waals surface area contributed by atoms with Crippen LogP contribution in [0.25, 0.3) is 67.5 Å². The fourth-order valence-corrected chi connectivity index (χ4v) is 10.3. The molecule has 54 heavy (non-hydrogen) atoms. The van der Waals surface area contributed by atoms with Crippen LogP contribution < -0.4 is 0 Å². The van der Waals surface area contributed by atoms with Gasteiger partial charge in [-0.1, -0.05) is 127 Å². The Morgan fingerprint density at radius 1 is 0.426 bits per heavy atom. The van der Waals surface area contributed by atoms with Gasteiger partial charge in [-0.2, -0.15) is 5.26 Å². The van der Waals surface area contributed by atoms with Gasteiger partial charge < -0.3 is 0 Å². The lowest BCUT2D eigenvalue weighted by Gasteiger charge is -2.57. The maximum atomic E-state index is 9.60. The van der Waals surface area contributed by atoms with E-state index in [2.05, 4.69) is 109 Å². The van der Waals surface area contributed by atoms with Crippen molar-refractivity contribution in [3.63, 3.8) is 0 Å². The van der Waals surface area contributed by atoms with E-state index in [-0.39, 0.29) is 0 Å². The lowest BCUT2D eigenvalue weighted by atomic mass is 9.48. The van der Waals surface area contributed by atoms with Crippen molar-refractivity contribution in [1.29, 1.82) is 5.26 Å². The molecule has 4 heteroatoms. The molecule has 4 saturated carbocycles. The van der Waals surface area contributed by atoms with Crippen molar-refractivity contribution in [2.75, 3.05) is 0 Å². The monoisotopic (exact) mass is 696 g/mol. The predicted octanol–water partition coefficient (Wildman–Crippen LogP) is 12.2. The van der Waals surface area contributed by atoms with Crippen LogP contribution >= 0.6 is 0 Å². The van der Waals surface area contributed by atoms with Crippen molar-refractivity contribution in [2.45, 2.75) is 43.9 Å². The van der Waals surface area contributed by atoms with Gasteiger partial charge in [0, 0.05) is 16.7 Å². The third-order valence-electron chi connectivity index (χ3n) is 12.4. The van der Waals surface area contributed by atoms with Crippen molar-refractivity contribution in [1.82, 2.24) is 15.0 Å². The van der Waals surface area contributed by atoms with E-state index in [1.165, 1.54) is 49.7 Å². The third-order valence-corrected chi connectivity index (χ3v) is 12.4. The molecule has 0 radical (unpaired) electrons. The van der Waals surface area contributed by atoms with E-state index in [1.54, 1.807) is 0 Å². The quantitative estimate of drug-likeness (QED) is 0.166. The normalized spacial score (nSPS) is 21.1. The van der Waals surface area contributed by atoms with E-state index in [9.17, 15) is 5.26 Å². The minimum atomic E-state index is 0.366. The van der Waals surface area contributed by atoms with Gasteiger partial charge in [0.05, 0.1) is 11.6 Å². The average molecular weight is 697 g/mol. The van der Waals surface area contributed by atoms with Gasteiger partial charge in [-0.3, -0.25) is 0 Å². The Hall–Kier alpha value is -6.18. The van der Waals surface area contributed by atoms with E-state index < -0.39 is 0 Å². The van der Waals surface area contributed by atoms with Crippen molar-refractivity contribution < 1.29 is 0 Å². The molecule has 0 aliphatic heterocycles. The summed E-state index contributed by atoms with van der Waals surface area (Å²) in [5.41, 5.74) is 11.7. The second-order valence-electron chi connectivity index (χ2n) is 15.8. The van der Waals surface area contributed by atoms with Crippen LogP contribution in [0.1, 0.15) is 49.7 Å². The highest BCUT2D eigenvalue weighted by Gasteiger charge is 2.51. The number of hydrogen-bond acceptors (Lipinski definition) is 4. The van der Waals surface area contributed by atoms with Gasteiger partial charge >= 0.3 is 0 Å². The topological polar surface area (TPSA) is 62.5 Å². The molecule has 0 N–H and O–H groups in total. The molecule has 4 aliphatic rings. The maximum absolute atomic E-state index is 9.60.